The number of aryl methyl sites for hydroxylation is 1. The van der Waals surface area contributed by atoms with Gasteiger partial charge >= 0.3 is 0 Å². The van der Waals surface area contributed by atoms with E-state index in [1.54, 1.807) is 13.8 Å². The Hall–Kier alpha value is -3.75. The van der Waals surface area contributed by atoms with Crippen LogP contribution in [-0.4, -0.2) is 33.3 Å². The summed E-state index contributed by atoms with van der Waals surface area (Å²) in [4.78, 5) is 41.7. The highest BCUT2D eigenvalue weighted by molar-refractivity contribution is 5.97. The minimum Gasteiger partial charge on any atom is -0.340 e. The third-order valence-electron chi connectivity index (χ3n) is 4.87. The largest absolute Gasteiger partial charge is 0.340 e. The summed E-state index contributed by atoms with van der Waals surface area (Å²) in [6, 6.07) is 11.6. The molecule has 8 nitrogen and oxygen atoms in total. The fourth-order valence-electron chi connectivity index (χ4n) is 3.11. The molecule has 31 heavy (non-hydrogen) atoms. The lowest BCUT2D eigenvalue weighted by molar-refractivity contribution is -0.130. The van der Waals surface area contributed by atoms with Gasteiger partial charge in [-0.05, 0) is 42.3 Å². The molecule has 0 fully saturated rings. The summed E-state index contributed by atoms with van der Waals surface area (Å²) in [7, 11) is 1.82. The molecule has 1 aromatic heterocycles. The lowest BCUT2D eigenvalue weighted by Crippen LogP contribution is -2.54. The van der Waals surface area contributed by atoms with Crippen LogP contribution in [0, 0.1) is 11.7 Å². The van der Waals surface area contributed by atoms with Crippen molar-refractivity contribution < 1.29 is 18.8 Å². The second kappa shape index (κ2) is 9.38. The van der Waals surface area contributed by atoms with Crippen molar-refractivity contribution >= 4 is 28.8 Å². The molecule has 0 unspecified atom stereocenters. The molecule has 0 aliphatic carbocycles. The van der Waals surface area contributed by atoms with Gasteiger partial charge in [0.05, 0.1) is 17.5 Å². The number of fused-ring (bicyclic) bond motifs is 1. The first-order chi connectivity index (χ1) is 14.8. The number of hydrazine groups is 1. The molecular weight excluding hydrogens is 401 g/mol. The summed E-state index contributed by atoms with van der Waals surface area (Å²) >= 11 is 0. The number of hydrogen-bond acceptors (Lipinski definition) is 4. The first-order valence-corrected chi connectivity index (χ1v) is 9.81. The monoisotopic (exact) mass is 425 g/mol. The molecular formula is C22H24FN5O3. The number of halogens is 1. The van der Waals surface area contributed by atoms with Gasteiger partial charge in [-0.15, -0.1) is 0 Å². The third kappa shape index (κ3) is 5.25. The van der Waals surface area contributed by atoms with Gasteiger partial charge in [0, 0.05) is 12.6 Å². The van der Waals surface area contributed by atoms with Gasteiger partial charge < -0.3 is 9.88 Å². The van der Waals surface area contributed by atoms with Crippen LogP contribution in [0.15, 0.2) is 48.5 Å². The molecule has 3 N–H and O–H groups in total. The van der Waals surface area contributed by atoms with Crippen molar-refractivity contribution in [2.75, 3.05) is 0 Å². The van der Waals surface area contributed by atoms with E-state index in [0.29, 0.717) is 5.82 Å². The molecule has 1 atom stereocenters. The zero-order valence-electron chi connectivity index (χ0n) is 17.5. The summed E-state index contributed by atoms with van der Waals surface area (Å²) < 4.78 is 14.9. The van der Waals surface area contributed by atoms with Crippen LogP contribution in [0.5, 0.6) is 0 Å². The maximum Gasteiger partial charge on any atom is 0.261 e. The van der Waals surface area contributed by atoms with E-state index in [9.17, 15) is 18.8 Å². The molecule has 0 bridgehead atoms. The number of imidazole rings is 1. The summed E-state index contributed by atoms with van der Waals surface area (Å²) in [5.41, 5.74) is 6.62. The van der Waals surface area contributed by atoms with Gasteiger partial charge in [0.2, 0.25) is 5.91 Å². The number of amides is 3. The average molecular weight is 425 g/mol. The highest BCUT2D eigenvalue weighted by Crippen LogP contribution is 2.14. The molecule has 0 saturated carbocycles. The third-order valence-corrected chi connectivity index (χ3v) is 4.87. The maximum absolute atomic E-state index is 13.0. The Bertz CT molecular complexity index is 1110. The highest BCUT2D eigenvalue weighted by Gasteiger charge is 2.25. The van der Waals surface area contributed by atoms with Crippen LogP contribution in [0.25, 0.3) is 11.0 Å². The van der Waals surface area contributed by atoms with Crippen LogP contribution in [0.2, 0.25) is 0 Å². The van der Waals surface area contributed by atoms with E-state index in [-0.39, 0.29) is 17.9 Å². The van der Waals surface area contributed by atoms with Gasteiger partial charge in [-0.25, -0.2) is 9.37 Å². The molecule has 0 spiro atoms. The van der Waals surface area contributed by atoms with Crippen molar-refractivity contribution in [3.63, 3.8) is 0 Å². The zero-order valence-corrected chi connectivity index (χ0v) is 17.5. The number of carbonyl (C=O) groups is 3. The average Bonchev–Trinajstić information content (AvgIpc) is 3.06. The second-order valence-electron chi connectivity index (χ2n) is 7.49. The number of hydrogen-bond donors (Lipinski definition) is 3. The zero-order chi connectivity index (χ0) is 22.5. The number of nitrogens with one attached hydrogen (secondary N) is 3. The van der Waals surface area contributed by atoms with E-state index in [1.165, 1.54) is 24.3 Å². The van der Waals surface area contributed by atoms with Crippen LogP contribution in [0.4, 0.5) is 4.39 Å². The standard InChI is InChI=1S/C22H24FN5O3/c1-13(2)20(25-21(30)14-8-10-15(23)11-9-14)22(31)27-26-19(29)12-18-24-16-6-4-5-7-17(16)28(18)3/h4-11,13,20H,12H2,1-3H3,(H,25,30)(H,26,29)(H,27,31)/t20-/m1/s1. The maximum atomic E-state index is 13.0. The number of aromatic nitrogens is 2. The van der Waals surface area contributed by atoms with E-state index in [2.05, 4.69) is 21.2 Å². The molecule has 3 aromatic rings. The van der Waals surface area contributed by atoms with Gasteiger partial charge in [0.25, 0.3) is 11.8 Å². The highest BCUT2D eigenvalue weighted by atomic mass is 19.1. The smallest absolute Gasteiger partial charge is 0.261 e. The van der Waals surface area contributed by atoms with Crippen molar-refractivity contribution in [3.8, 4) is 0 Å². The Kier molecular flexibility index (Phi) is 6.64. The Balaban J connectivity index is 1.58. The van der Waals surface area contributed by atoms with Crippen molar-refractivity contribution in [1.29, 1.82) is 0 Å². The normalized spacial score (nSPS) is 11.9. The van der Waals surface area contributed by atoms with Gasteiger partial charge in [0.1, 0.15) is 17.7 Å². The number of nitrogens with zero attached hydrogens (tertiary/aromatic N) is 2. The second-order valence-corrected chi connectivity index (χ2v) is 7.49. The van der Waals surface area contributed by atoms with Crippen LogP contribution >= 0.6 is 0 Å². The van der Waals surface area contributed by atoms with E-state index in [1.807, 2.05) is 35.9 Å². The quantitative estimate of drug-likeness (QED) is 0.524. The fraction of sp³-hybridized carbons (Fsp3) is 0.273. The summed E-state index contributed by atoms with van der Waals surface area (Å²) in [5.74, 6) is -1.68. The van der Waals surface area contributed by atoms with Crippen LogP contribution < -0.4 is 16.2 Å². The predicted molar refractivity (Wildman–Crippen MR) is 113 cm³/mol. The summed E-state index contributed by atoms with van der Waals surface area (Å²) in [6.45, 7) is 3.52. The first kappa shape index (κ1) is 21.9. The van der Waals surface area contributed by atoms with Crippen molar-refractivity contribution in [2.45, 2.75) is 26.3 Å². The number of para-hydroxylation sites is 2. The molecule has 2 aromatic carbocycles. The lowest BCUT2D eigenvalue weighted by Gasteiger charge is -2.22. The molecule has 0 aliphatic rings. The van der Waals surface area contributed by atoms with Gasteiger partial charge in [-0.1, -0.05) is 26.0 Å². The lowest BCUT2D eigenvalue weighted by atomic mass is 10.0. The topological polar surface area (TPSA) is 105 Å². The molecule has 0 saturated heterocycles. The molecule has 162 valence electrons. The Labute approximate surface area is 178 Å². The molecule has 0 radical (unpaired) electrons. The van der Waals surface area contributed by atoms with Gasteiger partial charge in [-0.2, -0.15) is 0 Å². The molecule has 9 heteroatoms. The Morgan fingerprint density at radius 3 is 2.35 bits per heavy atom. The minimum absolute atomic E-state index is 0.0280. The summed E-state index contributed by atoms with van der Waals surface area (Å²) in [6.07, 6.45) is -0.0280. The van der Waals surface area contributed by atoms with Crippen LogP contribution in [0.1, 0.15) is 30.0 Å². The molecule has 3 rings (SSSR count). The molecule has 0 aliphatic heterocycles. The van der Waals surface area contributed by atoms with E-state index < -0.39 is 29.6 Å². The molecule has 3 amide bonds. The Morgan fingerprint density at radius 2 is 1.71 bits per heavy atom. The first-order valence-electron chi connectivity index (χ1n) is 9.81. The summed E-state index contributed by atoms with van der Waals surface area (Å²) in [5, 5.41) is 2.61. The van der Waals surface area contributed by atoms with Gasteiger partial charge in [0.15, 0.2) is 0 Å². The van der Waals surface area contributed by atoms with E-state index in [4.69, 9.17) is 0 Å². The SMILES string of the molecule is CC(C)[C@@H](NC(=O)c1ccc(F)cc1)C(=O)NNC(=O)Cc1nc2ccccc2n1C. The fourth-order valence-corrected chi connectivity index (χ4v) is 3.11. The number of benzene rings is 2. The molecule has 1 heterocycles. The van der Waals surface area contributed by atoms with Crippen LogP contribution in [0.3, 0.4) is 0 Å². The number of rotatable bonds is 6. The van der Waals surface area contributed by atoms with Crippen molar-refractivity contribution in [1.82, 2.24) is 25.7 Å². The number of carbonyl (C=O) groups excluding carboxylic acids is 3. The van der Waals surface area contributed by atoms with E-state index in [0.717, 1.165) is 11.0 Å². The Morgan fingerprint density at radius 1 is 1.03 bits per heavy atom. The van der Waals surface area contributed by atoms with E-state index >= 15 is 0 Å². The van der Waals surface area contributed by atoms with Gasteiger partial charge in [-0.3, -0.25) is 25.2 Å². The van der Waals surface area contributed by atoms with Crippen LogP contribution in [-0.2, 0) is 23.1 Å². The predicted octanol–water partition coefficient (Wildman–Crippen LogP) is 1.86. The van der Waals surface area contributed by atoms with Crippen molar-refractivity contribution in [2.24, 2.45) is 13.0 Å². The minimum atomic E-state index is -0.895. The van der Waals surface area contributed by atoms with Crippen molar-refractivity contribution in [3.05, 3.63) is 65.7 Å².